The average molecular weight is 385 g/mol. The molecule has 6 heteroatoms. The molecular formula is C23H23N5O. The third-order valence-corrected chi connectivity index (χ3v) is 4.75. The van der Waals surface area contributed by atoms with E-state index < -0.39 is 0 Å². The molecule has 0 spiro atoms. The van der Waals surface area contributed by atoms with Gasteiger partial charge in [0.25, 0.3) is 0 Å². The molecule has 2 aromatic heterocycles. The number of hydrogen-bond acceptors (Lipinski definition) is 5. The van der Waals surface area contributed by atoms with Crippen LogP contribution in [0.25, 0.3) is 10.9 Å². The van der Waals surface area contributed by atoms with Gasteiger partial charge < -0.3 is 15.6 Å². The van der Waals surface area contributed by atoms with Gasteiger partial charge in [-0.3, -0.25) is 4.79 Å². The van der Waals surface area contributed by atoms with Crippen LogP contribution in [0.3, 0.4) is 0 Å². The Labute approximate surface area is 169 Å². The number of ketones is 1. The summed E-state index contributed by atoms with van der Waals surface area (Å²) in [7, 11) is 0. The number of hydrogen-bond donors (Lipinski definition) is 3. The Hall–Kier alpha value is -3.67. The summed E-state index contributed by atoms with van der Waals surface area (Å²) in [6, 6.07) is 17.6. The number of carbonyl (C=O) groups excluding carboxylic acids is 1. The second-order valence-corrected chi connectivity index (χ2v) is 7.02. The molecule has 6 nitrogen and oxygen atoms in total. The minimum atomic E-state index is 0.0263. The average Bonchev–Trinajstić information content (AvgIpc) is 3.11. The zero-order chi connectivity index (χ0) is 20.2. The van der Waals surface area contributed by atoms with Crippen LogP contribution in [-0.4, -0.2) is 27.3 Å². The number of rotatable bonds is 7. The number of H-pyrrole nitrogens is 1. The molecular weight excluding hydrogens is 362 g/mol. The van der Waals surface area contributed by atoms with Crippen molar-refractivity contribution in [2.45, 2.75) is 20.3 Å². The molecule has 2 heterocycles. The van der Waals surface area contributed by atoms with Crippen LogP contribution >= 0.6 is 0 Å². The molecule has 3 N–H and O–H groups in total. The SMILES string of the molecule is CC(=O)c1cccc(Nc2nc(C)cc(NCCc3c[nH]c4ccccc34)n2)c1. The molecule has 29 heavy (non-hydrogen) atoms. The lowest BCUT2D eigenvalue weighted by Gasteiger charge is -2.10. The summed E-state index contributed by atoms with van der Waals surface area (Å²) in [6.07, 6.45) is 2.95. The van der Waals surface area contributed by atoms with E-state index in [1.165, 1.54) is 10.9 Å². The van der Waals surface area contributed by atoms with Crippen molar-refractivity contribution in [2.75, 3.05) is 17.2 Å². The van der Waals surface area contributed by atoms with E-state index in [1.54, 1.807) is 19.1 Å². The Morgan fingerprint density at radius 3 is 2.79 bits per heavy atom. The maximum atomic E-state index is 11.6. The largest absolute Gasteiger partial charge is 0.370 e. The highest BCUT2D eigenvalue weighted by Gasteiger charge is 2.06. The minimum absolute atomic E-state index is 0.0263. The van der Waals surface area contributed by atoms with Gasteiger partial charge in [-0.25, -0.2) is 4.98 Å². The Balaban J connectivity index is 1.44. The van der Waals surface area contributed by atoms with Gasteiger partial charge in [-0.1, -0.05) is 30.3 Å². The van der Waals surface area contributed by atoms with E-state index >= 15 is 0 Å². The van der Waals surface area contributed by atoms with Crippen molar-refractivity contribution in [2.24, 2.45) is 0 Å². The normalized spacial score (nSPS) is 10.8. The highest BCUT2D eigenvalue weighted by atomic mass is 16.1. The molecule has 0 unspecified atom stereocenters. The van der Waals surface area contributed by atoms with E-state index in [0.717, 1.165) is 35.7 Å². The number of nitrogens with one attached hydrogen (secondary N) is 3. The first-order chi connectivity index (χ1) is 14.1. The molecule has 0 aliphatic rings. The highest BCUT2D eigenvalue weighted by Crippen LogP contribution is 2.19. The van der Waals surface area contributed by atoms with Crippen molar-refractivity contribution in [1.29, 1.82) is 0 Å². The van der Waals surface area contributed by atoms with E-state index in [4.69, 9.17) is 0 Å². The maximum absolute atomic E-state index is 11.6. The lowest BCUT2D eigenvalue weighted by atomic mass is 10.1. The van der Waals surface area contributed by atoms with Gasteiger partial charge in [0.1, 0.15) is 5.82 Å². The molecule has 0 atom stereocenters. The third-order valence-electron chi connectivity index (χ3n) is 4.75. The van der Waals surface area contributed by atoms with Crippen LogP contribution in [0.15, 0.2) is 60.8 Å². The van der Waals surface area contributed by atoms with Gasteiger partial charge in [-0.2, -0.15) is 4.98 Å². The van der Waals surface area contributed by atoms with Gasteiger partial charge in [-0.15, -0.1) is 0 Å². The van der Waals surface area contributed by atoms with Crippen molar-refractivity contribution in [3.63, 3.8) is 0 Å². The fourth-order valence-electron chi connectivity index (χ4n) is 3.32. The smallest absolute Gasteiger partial charge is 0.229 e. The number of aryl methyl sites for hydroxylation is 1. The number of fused-ring (bicyclic) bond motifs is 1. The summed E-state index contributed by atoms with van der Waals surface area (Å²) in [6.45, 7) is 4.25. The van der Waals surface area contributed by atoms with Gasteiger partial charge in [0, 0.05) is 46.7 Å². The molecule has 0 bridgehead atoms. The number of Topliss-reactive ketones (excluding diaryl/α,β-unsaturated/α-hetero) is 1. The summed E-state index contributed by atoms with van der Waals surface area (Å²) in [5.74, 6) is 1.29. The van der Waals surface area contributed by atoms with Crippen molar-refractivity contribution in [1.82, 2.24) is 15.0 Å². The van der Waals surface area contributed by atoms with E-state index in [2.05, 4.69) is 50.0 Å². The quantitative estimate of drug-likeness (QED) is 0.396. The van der Waals surface area contributed by atoms with Gasteiger partial charge >= 0.3 is 0 Å². The third kappa shape index (κ3) is 4.43. The molecule has 0 fully saturated rings. The first-order valence-electron chi connectivity index (χ1n) is 9.61. The standard InChI is InChI=1S/C23H23N5O/c1-15-12-22(24-11-10-18-14-25-21-9-4-3-8-20(18)21)28-23(26-15)27-19-7-5-6-17(13-19)16(2)29/h3-9,12-14,25H,10-11H2,1-2H3,(H2,24,26,27,28). The topological polar surface area (TPSA) is 82.7 Å². The summed E-state index contributed by atoms with van der Waals surface area (Å²) in [4.78, 5) is 23.9. The summed E-state index contributed by atoms with van der Waals surface area (Å²) < 4.78 is 0. The Morgan fingerprint density at radius 1 is 1.07 bits per heavy atom. The number of anilines is 3. The second-order valence-electron chi connectivity index (χ2n) is 7.02. The van der Waals surface area contributed by atoms with Crippen LogP contribution in [0.5, 0.6) is 0 Å². The van der Waals surface area contributed by atoms with Crippen LogP contribution in [-0.2, 0) is 6.42 Å². The summed E-state index contributed by atoms with van der Waals surface area (Å²) >= 11 is 0. The zero-order valence-electron chi connectivity index (χ0n) is 16.5. The molecule has 0 saturated heterocycles. The van der Waals surface area contributed by atoms with Crippen molar-refractivity contribution in [3.05, 3.63) is 77.6 Å². The number of para-hydroxylation sites is 1. The summed E-state index contributed by atoms with van der Waals surface area (Å²) in [5.41, 5.74) is 4.73. The number of carbonyl (C=O) groups is 1. The van der Waals surface area contributed by atoms with Crippen LogP contribution in [0, 0.1) is 6.92 Å². The first-order valence-corrected chi connectivity index (χ1v) is 9.61. The van der Waals surface area contributed by atoms with Crippen molar-refractivity contribution >= 4 is 34.1 Å². The maximum Gasteiger partial charge on any atom is 0.229 e. The molecule has 4 rings (SSSR count). The molecule has 0 aliphatic heterocycles. The Bertz CT molecular complexity index is 1160. The van der Waals surface area contributed by atoms with Crippen molar-refractivity contribution in [3.8, 4) is 0 Å². The van der Waals surface area contributed by atoms with Crippen LogP contribution < -0.4 is 10.6 Å². The van der Waals surface area contributed by atoms with Gasteiger partial charge in [-0.05, 0) is 44.0 Å². The number of aromatic amines is 1. The minimum Gasteiger partial charge on any atom is -0.370 e. The predicted octanol–water partition coefficient (Wildman–Crippen LogP) is 4.87. The van der Waals surface area contributed by atoms with E-state index in [0.29, 0.717) is 11.5 Å². The Morgan fingerprint density at radius 2 is 1.93 bits per heavy atom. The monoisotopic (exact) mass is 385 g/mol. The molecule has 146 valence electrons. The van der Waals surface area contributed by atoms with E-state index in [-0.39, 0.29) is 5.78 Å². The van der Waals surface area contributed by atoms with E-state index in [9.17, 15) is 4.79 Å². The Kier molecular flexibility index (Phi) is 5.24. The second kappa shape index (κ2) is 8.14. The first kappa shape index (κ1) is 18.7. The fourth-order valence-corrected chi connectivity index (χ4v) is 3.32. The lowest BCUT2D eigenvalue weighted by Crippen LogP contribution is -2.08. The van der Waals surface area contributed by atoms with Gasteiger partial charge in [0.15, 0.2) is 5.78 Å². The molecule has 0 radical (unpaired) electrons. The molecule has 0 aliphatic carbocycles. The molecule has 0 saturated carbocycles. The van der Waals surface area contributed by atoms with Gasteiger partial charge in [0.05, 0.1) is 0 Å². The number of benzene rings is 2. The molecule has 0 amide bonds. The van der Waals surface area contributed by atoms with Crippen molar-refractivity contribution < 1.29 is 4.79 Å². The fraction of sp³-hybridized carbons (Fsp3) is 0.174. The van der Waals surface area contributed by atoms with E-state index in [1.807, 2.05) is 31.2 Å². The van der Waals surface area contributed by atoms with Gasteiger partial charge in [0.2, 0.25) is 5.95 Å². The predicted molar refractivity (Wildman–Crippen MR) is 117 cm³/mol. The summed E-state index contributed by atoms with van der Waals surface area (Å²) in [5, 5.41) is 7.83. The number of nitrogens with zero attached hydrogens (tertiary/aromatic N) is 2. The zero-order valence-corrected chi connectivity index (χ0v) is 16.5. The lowest BCUT2D eigenvalue weighted by molar-refractivity contribution is 0.101. The van der Waals surface area contributed by atoms with Crippen LogP contribution in [0.4, 0.5) is 17.5 Å². The number of aromatic nitrogens is 3. The van der Waals surface area contributed by atoms with Crippen LogP contribution in [0.2, 0.25) is 0 Å². The highest BCUT2D eigenvalue weighted by molar-refractivity contribution is 5.95. The molecule has 2 aromatic carbocycles. The molecule has 4 aromatic rings. The van der Waals surface area contributed by atoms with Crippen LogP contribution in [0.1, 0.15) is 28.5 Å².